The Kier molecular flexibility index (Phi) is 6.84. The van der Waals surface area contributed by atoms with E-state index >= 15 is 0 Å². The van der Waals surface area contributed by atoms with Crippen LogP contribution < -0.4 is 15.4 Å². The van der Waals surface area contributed by atoms with Crippen molar-refractivity contribution in [1.29, 1.82) is 0 Å². The summed E-state index contributed by atoms with van der Waals surface area (Å²) in [5.41, 5.74) is 1.91. The standard InChI is InChI=1S/C26H31N5O5/c1-26(2,3)36-21(32)9-10-27-23(33)19-11-17(14-29-25(19)35-4)16-7-8-18-20(12-16)30-31-22(18)24(34)28-13-15-5-6-15/h7-8,11-12,14-15H,5-6,9-10,13H2,1-4H3,(H,27,33)(H,28,34)(H,30,31)/i4D. The van der Waals surface area contributed by atoms with E-state index in [1.807, 2.05) is 12.1 Å². The van der Waals surface area contributed by atoms with Crippen molar-refractivity contribution in [3.05, 3.63) is 41.7 Å². The lowest BCUT2D eigenvalue weighted by atomic mass is 10.0. The largest absolute Gasteiger partial charge is 0.480 e. The number of fused-ring (bicyclic) bond motifs is 1. The van der Waals surface area contributed by atoms with Crippen LogP contribution in [0.25, 0.3) is 22.0 Å². The van der Waals surface area contributed by atoms with E-state index in [-0.39, 0.29) is 30.3 Å². The number of nitrogens with zero attached hydrogens (tertiary/aromatic N) is 2. The second-order valence-corrected chi connectivity index (χ2v) is 9.80. The Labute approximate surface area is 210 Å². The third-order valence-corrected chi connectivity index (χ3v) is 5.63. The topological polar surface area (TPSA) is 135 Å². The molecule has 2 aromatic heterocycles. The maximum atomic E-state index is 12.9. The summed E-state index contributed by atoms with van der Waals surface area (Å²) in [6.45, 7) is 6.06. The molecule has 2 heterocycles. The Morgan fingerprint density at radius 2 is 1.94 bits per heavy atom. The van der Waals surface area contributed by atoms with E-state index in [9.17, 15) is 14.4 Å². The summed E-state index contributed by atoms with van der Waals surface area (Å²) in [6, 6.07) is 7.06. The average molecular weight is 495 g/mol. The zero-order valence-electron chi connectivity index (χ0n) is 21.6. The molecule has 36 heavy (non-hydrogen) atoms. The van der Waals surface area contributed by atoms with E-state index < -0.39 is 24.6 Å². The number of hydrogen-bond donors (Lipinski definition) is 3. The lowest BCUT2D eigenvalue weighted by molar-refractivity contribution is -0.154. The van der Waals surface area contributed by atoms with Crippen molar-refractivity contribution in [3.8, 4) is 17.0 Å². The maximum absolute atomic E-state index is 12.9. The number of pyridine rings is 1. The summed E-state index contributed by atoms with van der Waals surface area (Å²) in [5, 5.41) is 13.4. The van der Waals surface area contributed by atoms with Crippen LogP contribution in [0.5, 0.6) is 5.88 Å². The molecule has 0 radical (unpaired) electrons. The number of ether oxygens (including phenoxy) is 2. The van der Waals surface area contributed by atoms with E-state index in [2.05, 4.69) is 25.8 Å². The van der Waals surface area contributed by atoms with Gasteiger partial charge in [-0.1, -0.05) is 6.07 Å². The van der Waals surface area contributed by atoms with Gasteiger partial charge in [-0.2, -0.15) is 5.10 Å². The van der Waals surface area contributed by atoms with Gasteiger partial charge in [-0.15, -0.1) is 0 Å². The monoisotopic (exact) mass is 494 g/mol. The molecule has 0 aliphatic heterocycles. The molecule has 2 amide bonds. The van der Waals surface area contributed by atoms with Crippen molar-refractivity contribution in [1.82, 2.24) is 25.8 Å². The second-order valence-electron chi connectivity index (χ2n) is 9.80. The fourth-order valence-electron chi connectivity index (χ4n) is 3.67. The number of carbonyl (C=O) groups excluding carboxylic acids is 3. The number of aromatic amines is 1. The molecule has 1 aliphatic rings. The Morgan fingerprint density at radius 1 is 1.14 bits per heavy atom. The van der Waals surface area contributed by atoms with E-state index in [1.54, 1.807) is 39.1 Å². The number of nitrogens with one attached hydrogen (secondary N) is 3. The first-order valence-electron chi connectivity index (χ1n) is 12.5. The Bertz CT molecular complexity index is 1310. The summed E-state index contributed by atoms with van der Waals surface area (Å²) in [6.07, 6.45) is 3.85. The Hall–Kier alpha value is -3.95. The molecule has 1 fully saturated rings. The van der Waals surface area contributed by atoms with Crippen molar-refractivity contribution in [2.24, 2.45) is 5.92 Å². The van der Waals surface area contributed by atoms with Gasteiger partial charge < -0.3 is 20.1 Å². The molecule has 3 aromatic rings. The average Bonchev–Trinajstić information content (AvgIpc) is 3.58. The van der Waals surface area contributed by atoms with Crippen molar-refractivity contribution >= 4 is 28.7 Å². The molecule has 1 aliphatic carbocycles. The van der Waals surface area contributed by atoms with Crippen LogP contribution in [-0.4, -0.2) is 58.7 Å². The fraction of sp³-hybridized carbons (Fsp3) is 0.423. The van der Waals surface area contributed by atoms with Gasteiger partial charge in [0.2, 0.25) is 5.88 Å². The maximum Gasteiger partial charge on any atom is 0.308 e. The smallest absolute Gasteiger partial charge is 0.308 e. The van der Waals surface area contributed by atoms with Gasteiger partial charge in [-0.3, -0.25) is 19.5 Å². The van der Waals surface area contributed by atoms with Gasteiger partial charge in [0.1, 0.15) is 11.2 Å². The predicted molar refractivity (Wildman–Crippen MR) is 134 cm³/mol. The molecule has 1 aromatic carbocycles. The van der Waals surface area contributed by atoms with Gasteiger partial charge in [0.15, 0.2) is 5.69 Å². The van der Waals surface area contributed by atoms with E-state index in [0.29, 0.717) is 34.6 Å². The minimum Gasteiger partial charge on any atom is -0.480 e. The lowest BCUT2D eigenvalue weighted by Gasteiger charge is -2.19. The van der Waals surface area contributed by atoms with Gasteiger partial charge in [0.05, 0.1) is 20.4 Å². The van der Waals surface area contributed by atoms with Crippen LogP contribution in [0.4, 0.5) is 0 Å². The highest BCUT2D eigenvalue weighted by molar-refractivity contribution is 6.05. The number of esters is 1. The lowest BCUT2D eigenvalue weighted by Crippen LogP contribution is -2.30. The molecule has 190 valence electrons. The molecule has 0 bridgehead atoms. The Balaban J connectivity index is 1.50. The van der Waals surface area contributed by atoms with E-state index in [4.69, 9.17) is 10.8 Å². The molecule has 10 nitrogen and oxygen atoms in total. The molecule has 0 atom stereocenters. The first-order valence-corrected chi connectivity index (χ1v) is 11.8. The fourth-order valence-corrected chi connectivity index (χ4v) is 3.67. The molecule has 0 saturated heterocycles. The van der Waals surface area contributed by atoms with Crippen LogP contribution in [0.2, 0.25) is 0 Å². The summed E-state index contributed by atoms with van der Waals surface area (Å²) in [5.74, 6) is -0.533. The van der Waals surface area contributed by atoms with Gasteiger partial charge >= 0.3 is 5.97 Å². The summed E-state index contributed by atoms with van der Waals surface area (Å²) < 4.78 is 17.8. The van der Waals surface area contributed by atoms with Gasteiger partial charge in [0, 0.05) is 30.2 Å². The van der Waals surface area contributed by atoms with Gasteiger partial charge in [-0.05, 0) is 63.3 Å². The number of methoxy groups -OCH3 is 1. The van der Waals surface area contributed by atoms with Crippen molar-refractivity contribution in [3.63, 3.8) is 0 Å². The van der Waals surface area contributed by atoms with Crippen LogP contribution >= 0.6 is 0 Å². The molecule has 0 spiro atoms. The van der Waals surface area contributed by atoms with Crippen LogP contribution in [0, 0.1) is 5.92 Å². The SMILES string of the molecule is [2H]COc1ncc(-c2ccc3c(C(=O)NCC4CC4)n[nH]c3c2)cc1C(=O)NCCC(=O)OC(C)(C)C. The minimum absolute atomic E-state index is 0.0117. The highest BCUT2D eigenvalue weighted by Gasteiger charge is 2.23. The first-order chi connectivity index (χ1) is 17.6. The highest BCUT2D eigenvalue weighted by Crippen LogP contribution is 2.29. The van der Waals surface area contributed by atoms with Crippen molar-refractivity contribution < 1.29 is 25.2 Å². The van der Waals surface area contributed by atoms with Gasteiger partial charge in [-0.25, -0.2) is 4.98 Å². The van der Waals surface area contributed by atoms with Crippen LogP contribution in [-0.2, 0) is 9.53 Å². The van der Waals surface area contributed by atoms with Crippen LogP contribution in [0.3, 0.4) is 0 Å². The highest BCUT2D eigenvalue weighted by atomic mass is 16.6. The zero-order valence-corrected chi connectivity index (χ0v) is 20.6. The third kappa shape index (κ3) is 6.18. The van der Waals surface area contributed by atoms with Crippen molar-refractivity contribution in [2.75, 3.05) is 20.2 Å². The molecular weight excluding hydrogens is 462 g/mol. The number of aromatic nitrogens is 3. The second kappa shape index (κ2) is 10.3. The van der Waals surface area contributed by atoms with Gasteiger partial charge in [0.25, 0.3) is 11.8 Å². The number of hydrogen-bond acceptors (Lipinski definition) is 7. The molecular formula is C26H31N5O5. The molecule has 3 N–H and O–H groups in total. The van der Waals surface area contributed by atoms with E-state index in [0.717, 1.165) is 18.4 Å². The Morgan fingerprint density at radius 3 is 2.67 bits per heavy atom. The van der Waals surface area contributed by atoms with E-state index in [1.165, 1.54) is 0 Å². The number of rotatable bonds is 9. The number of amides is 2. The number of carbonyl (C=O) groups is 3. The minimum atomic E-state index is -0.606. The first kappa shape index (κ1) is 23.8. The summed E-state index contributed by atoms with van der Waals surface area (Å²) >= 11 is 0. The summed E-state index contributed by atoms with van der Waals surface area (Å²) in [4.78, 5) is 41.6. The third-order valence-electron chi connectivity index (χ3n) is 5.63. The summed E-state index contributed by atoms with van der Waals surface area (Å²) in [7, 11) is -0.407. The number of H-pyrrole nitrogens is 1. The zero-order chi connectivity index (χ0) is 26.6. The number of benzene rings is 1. The van der Waals surface area contributed by atoms with Crippen LogP contribution in [0.1, 0.15) is 62.3 Å². The predicted octanol–water partition coefficient (Wildman–Crippen LogP) is 3.23. The molecule has 10 heteroatoms. The quantitative estimate of drug-likeness (QED) is 0.389. The molecule has 0 unspecified atom stereocenters. The molecule has 4 rings (SSSR count). The molecule has 1 saturated carbocycles. The van der Waals surface area contributed by atoms with Crippen molar-refractivity contribution in [2.45, 2.75) is 45.6 Å². The normalized spacial score (nSPS) is 13.7. The van der Waals surface area contributed by atoms with Crippen LogP contribution in [0.15, 0.2) is 30.5 Å².